The van der Waals surface area contributed by atoms with Gasteiger partial charge in [0.1, 0.15) is 0 Å². The van der Waals surface area contributed by atoms with Crippen molar-refractivity contribution in [1.29, 1.82) is 0 Å². The molecule has 0 aromatic heterocycles. The lowest BCUT2D eigenvalue weighted by molar-refractivity contribution is 0.216. The predicted octanol–water partition coefficient (Wildman–Crippen LogP) is 2.35. The molecule has 90 valence electrons. The second-order valence-corrected chi connectivity index (χ2v) is 5.44. The van der Waals surface area contributed by atoms with Crippen molar-refractivity contribution in [2.75, 3.05) is 6.54 Å². The van der Waals surface area contributed by atoms with E-state index in [1.165, 1.54) is 12.8 Å². The lowest BCUT2D eigenvalue weighted by atomic mass is 9.91. The lowest BCUT2D eigenvalue weighted by Gasteiger charge is -2.37. The Bertz CT molecular complexity index is 481. The van der Waals surface area contributed by atoms with Crippen LogP contribution in [0.15, 0.2) is 29.3 Å². The Balaban J connectivity index is 2.04. The zero-order valence-electron chi connectivity index (χ0n) is 9.86. The monoisotopic (exact) mass is 249 g/mol. The van der Waals surface area contributed by atoms with E-state index in [4.69, 9.17) is 17.3 Å². The highest BCUT2D eigenvalue weighted by Gasteiger charge is 2.47. The molecule has 0 amide bonds. The fourth-order valence-corrected chi connectivity index (χ4v) is 3.02. The van der Waals surface area contributed by atoms with Crippen LogP contribution in [0.3, 0.4) is 0 Å². The van der Waals surface area contributed by atoms with Gasteiger partial charge >= 0.3 is 0 Å². The zero-order chi connectivity index (χ0) is 12.0. The third-order valence-corrected chi connectivity index (χ3v) is 4.02. The average molecular weight is 250 g/mol. The van der Waals surface area contributed by atoms with Gasteiger partial charge in [0.05, 0.1) is 12.1 Å². The van der Waals surface area contributed by atoms with Gasteiger partial charge in [0, 0.05) is 11.1 Å². The van der Waals surface area contributed by atoms with E-state index in [1.54, 1.807) is 0 Å². The van der Waals surface area contributed by atoms with Crippen molar-refractivity contribution in [3.63, 3.8) is 0 Å². The smallest absolute Gasteiger partial charge is 0.192 e. The highest BCUT2D eigenvalue weighted by Crippen LogP contribution is 2.43. The largest absolute Gasteiger partial charge is 0.370 e. The van der Waals surface area contributed by atoms with Crippen LogP contribution in [-0.4, -0.2) is 23.4 Å². The van der Waals surface area contributed by atoms with E-state index in [1.807, 2.05) is 18.2 Å². The van der Waals surface area contributed by atoms with Crippen LogP contribution < -0.4 is 5.73 Å². The molecule has 17 heavy (non-hydrogen) atoms. The fraction of sp³-hybridized carbons (Fsp3) is 0.462. The molecule has 3 rings (SSSR count). The summed E-state index contributed by atoms with van der Waals surface area (Å²) < 4.78 is 0. The number of nitrogens with zero attached hydrogens (tertiary/aromatic N) is 2. The first-order valence-corrected chi connectivity index (χ1v) is 6.35. The normalized spacial score (nSPS) is 28.4. The van der Waals surface area contributed by atoms with E-state index in [2.05, 4.69) is 22.9 Å². The van der Waals surface area contributed by atoms with Gasteiger partial charge < -0.3 is 10.6 Å². The van der Waals surface area contributed by atoms with Gasteiger partial charge in [0.25, 0.3) is 0 Å². The number of guanidine groups is 1. The van der Waals surface area contributed by atoms with Gasteiger partial charge in [-0.2, -0.15) is 0 Å². The summed E-state index contributed by atoms with van der Waals surface area (Å²) in [5.41, 5.74) is 6.96. The van der Waals surface area contributed by atoms with Gasteiger partial charge in [-0.05, 0) is 31.4 Å². The molecular formula is C13H16ClN3. The molecule has 0 radical (unpaired) electrons. The maximum Gasteiger partial charge on any atom is 0.192 e. The van der Waals surface area contributed by atoms with Crippen molar-refractivity contribution < 1.29 is 0 Å². The number of halogens is 1. The second-order valence-electron chi connectivity index (χ2n) is 5.03. The zero-order valence-corrected chi connectivity index (χ0v) is 10.6. The molecule has 1 aromatic rings. The summed E-state index contributed by atoms with van der Waals surface area (Å²) in [6.45, 7) is 2.87. The van der Waals surface area contributed by atoms with Crippen LogP contribution in [0.4, 0.5) is 0 Å². The molecule has 1 atom stereocenters. The van der Waals surface area contributed by atoms with E-state index in [0.717, 1.165) is 10.6 Å². The summed E-state index contributed by atoms with van der Waals surface area (Å²) in [5, 5.41) is 0.797. The molecule has 1 saturated carbocycles. The van der Waals surface area contributed by atoms with Crippen LogP contribution in [0.5, 0.6) is 0 Å². The minimum Gasteiger partial charge on any atom is -0.370 e. The minimum atomic E-state index is -0.177. The first kappa shape index (κ1) is 10.9. The fourth-order valence-electron chi connectivity index (χ4n) is 2.68. The summed E-state index contributed by atoms with van der Waals surface area (Å²) in [6, 6.07) is 8.53. The van der Waals surface area contributed by atoms with Gasteiger partial charge in [0.15, 0.2) is 5.96 Å². The molecule has 0 bridgehead atoms. The van der Waals surface area contributed by atoms with E-state index in [-0.39, 0.29) is 5.54 Å². The number of hydrogen-bond acceptors (Lipinski definition) is 3. The average Bonchev–Trinajstić information content (AvgIpc) is 3.07. The van der Waals surface area contributed by atoms with Crippen molar-refractivity contribution in [2.45, 2.75) is 31.3 Å². The molecule has 0 saturated heterocycles. The molecule has 4 heteroatoms. The van der Waals surface area contributed by atoms with E-state index in [9.17, 15) is 0 Å². The van der Waals surface area contributed by atoms with Crippen molar-refractivity contribution in [3.05, 3.63) is 34.9 Å². The Kier molecular flexibility index (Phi) is 2.33. The second kappa shape index (κ2) is 3.64. The Morgan fingerprint density at radius 1 is 1.41 bits per heavy atom. The molecule has 0 spiro atoms. The first-order valence-electron chi connectivity index (χ1n) is 5.97. The van der Waals surface area contributed by atoms with Gasteiger partial charge in [-0.15, -0.1) is 0 Å². The van der Waals surface area contributed by atoms with Crippen molar-refractivity contribution >= 4 is 17.6 Å². The predicted molar refractivity (Wildman–Crippen MR) is 70.2 cm³/mol. The number of hydrogen-bond donors (Lipinski definition) is 1. The van der Waals surface area contributed by atoms with E-state index in [0.29, 0.717) is 18.5 Å². The Labute approximate surface area is 106 Å². The SMILES string of the molecule is CC1(c2ccccc2Cl)CN=C(N)N1C1CC1. The highest BCUT2D eigenvalue weighted by atomic mass is 35.5. The number of aliphatic imine (C=N–C) groups is 1. The first-order chi connectivity index (χ1) is 8.13. The van der Waals surface area contributed by atoms with Gasteiger partial charge in [-0.25, -0.2) is 0 Å². The molecule has 2 N–H and O–H groups in total. The molecule has 1 aliphatic heterocycles. The van der Waals surface area contributed by atoms with Crippen LogP contribution >= 0.6 is 11.6 Å². The third-order valence-electron chi connectivity index (χ3n) is 3.69. The molecule has 1 unspecified atom stereocenters. The van der Waals surface area contributed by atoms with Crippen molar-refractivity contribution in [1.82, 2.24) is 4.90 Å². The molecule has 3 nitrogen and oxygen atoms in total. The topological polar surface area (TPSA) is 41.6 Å². The standard InChI is InChI=1S/C13H16ClN3/c1-13(10-4-2-3-5-11(10)14)8-16-12(15)17(13)9-6-7-9/h2-5,9H,6-8H2,1H3,(H2,15,16). The van der Waals surface area contributed by atoms with Crippen LogP contribution in [0, 0.1) is 0 Å². The summed E-state index contributed by atoms with van der Waals surface area (Å²) in [5.74, 6) is 0.662. The van der Waals surface area contributed by atoms with Crippen LogP contribution in [0.25, 0.3) is 0 Å². The van der Waals surface area contributed by atoms with Crippen molar-refractivity contribution in [3.8, 4) is 0 Å². The van der Waals surface area contributed by atoms with Crippen LogP contribution in [0.2, 0.25) is 5.02 Å². The number of nitrogens with two attached hydrogens (primary N) is 1. The van der Waals surface area contributed by atoms with Crippen LogP contribution in [-0.2, 0) is 5.54 Å². The molecule has 1 aromatic carbocycles. The highest BCUT2D eigenvalue weighted by molar-refractivity contribution is 6.31. The van der Waals surface area contributed by atoms with E-state index < -0.39 is 0 Å². The number of rotatable bonds is 2. The Morgan fingerprint density at radius 3 is 2.76 bits per heavy atom. The summed E-state index contributed by atoms with van der Waals surface area (Å²) >= 11 is 6.31. The van der Waals surface area contributed by atoms with Gasteiger partial charge in [-0.1, -0.05) is 29.8 Å². The number of benzene rings is 1. The minimum absolute atomic E-state index is 0.177. The summed E-state index contributed by atoms with van der Waals surface area (Å²) in [4.78, 5) is 6.66. The Hall–Kier alpha value is -1.22. The van der Waals surface area contributed by atoms with Crippen LogP contribution in [0.1, 0.15) is 25.3 Å². The third kappa shape index (κ3) is 1.61. The summed E-state index contributed by atoms with van der Waals surface area (Å²) in [6.07, 6.45) is 2.41. The maximum atomic E-state index is 6.31. The lowest BCUT2D eigenvalue weighted by Crippen LogP contribution is -2.48. The maximum absolute atomic E-state index is 6.31. The Morgan fingerprint density at radius 2 is 2.12 bits per heavy atom. The molecule has 1 fully saturated rings. The van der Waals surface area contributed by atoms with E-state index >= 15 is 0 Å². The quantitative estimate of drug-likeness (QED) is 0.874. The van der Waals surface area contributed by atoms with Gasteiger partial charge in [0.2, 0.25) is 0 Å². The van der Waals surface area contributed by atoms with Crippen molar-refractivity contribution in [2.24, 2.45) is 10.7 Å². The molecule has 1 heterocycles. The summed E-state index contributed by atoms with van der Waals surface area (Å²) in [7, 11) is 0. The molecule has 2 aliphatic rings. The molecular weight excluding hydrogens is 234 g/mol. The molecule has 1 aliphatic carbocycles. The van der Waals surface area contributed by atoms with Gasteiger partial charge in [-0.3, -0.25) is 4.99 Å².